The molecule has 0 heterocycles. The summed E-state index contributed by atoms with van der Waals surface area (Å²) in [6, 6.07) is 21.9. The molecule has 1 amide bonds. The fraction of sp³-hybridized carbons (Fsp3) is 0.182. The number of benzene rings is 3. The first kappa shape index (κ1) is 17.7. The largest absolute Gasteiger partial charge is 0.374 e. The molecule has 0 aliphatic heterocycles. The van der Waals surface area contributed by atoms with E-state index in [1.807, 2.05) is 63.2 Å². The van der Waals surface area contributed by atoms with E-state index in [1.54, 1.807) is 0 Å². The Morgan fingerprint density at radius 2 is 1.65 bits per heavy atom. The van der Waals surface area contributed by atoms with Crippen molar-refractivity contribution < 1.29 is 4.79 Å². The molecule has 0 saturated carbocycles. The number of nitrogens with one attached hydrogen (secondary N) is 2. The monoisotopic (exact) mass is 345 g/mol. The van der Waals surface area contributed by atoms with Crippen LogP contribution in [-0.2, 0) is 4.79 Å². The van der Waals surface area contributed by atoms with Gasteiger partial charge in [-0.05, 0) is 55.3 Å². The van der Waals surface area contributed by atoms with Crippen LogP contribution in [0.15, 0.2) is 71.8 Å². The summed E-state index contributed by atoms with van der Waals surface area (Å²) < 4.78 is 0. The van der Waals surface area contributed by atoms with Crippen molar-refractivity contribution >= 4 is 28.1 Å². The smallest absolute Gasteiger partial charge is 0.262 e. The molecule has 0 unspecified atom stereocenters. The minimum atomic E-state index is -0.383. The highest BCUT2D eigenvalue weighted by molar-refractivity contribution is 6.02. The molecular formula is C22H23N3O. The van der Waals surface area contributed by atoms with E-state index in [0.29, 0.717) is 0 Å². The number of rotatable bonds is 5. The molecule has 0 spiro atoms. The van der Waals surface area contributed by atoms with Crippen LogP contribution in [0.5, 0.6) is 0 Å². The predicted octanol–water partition coefficient (Wildman–Crippen LogP) is 4.49. The van der Waals surface area contributed by atoms with Crippen molar-refractivity contribution in [2.45, 2.75) is 26.8 Å². The summed E-state index contributed by atoms with van der Waals surface area (Å²) in [6.07, 6.45) is 0. The Bertz CT molecular complexity index is 945. The Morgan fingerprint density at radius 3 is 2.38 bits per heavy atom. The highest BCUT2D eigenvalue weighted by Gasteiger charge is 2.12. The molecule has 132 valence electrons. The molecule has 0 fully saturated rings. The van der Waals surface area contributed by atoms with Gasteiger partial charge in [-0.1, -0.05) is 54.1 Å². The fourth-order valence-corrected chi connectivity index (χ4v) is 2.68. The summed E-state index contributed by atoms with van der Waals surface area (Å²) in [7, 11) is 0. The molecule has 4 heteroatoms. The van der Waals surface area contributed by atoms with E-state index in [1.165, 1.54) is 10.9 Å². The first-order chi connectivity index (χ1) is 12.5. The summed E-state index contributed by atoms with van der Waals surface area (Å²) in [5, 5.41) is 9.77. The van der Waals surface area contributed by atoms with Gasteiger partial charge in [0, 0.05) is 5.69 Å². The van der Waals surface area contributed by atoms with Gasteiger partial charge in [0.15, 0.2) is 0 Å². The standard InChI is InChI=1S/C22H23N3O/c1-15-8-12-21(13-9-15)23-17(3)22(26)25-24-16(2)19-11-10-18-6-4-5-7-20(18)14-19/h4-14,17,23H,1-3H3,(H,25,26)/t17-/m0/s1. The summed E-state index contributed by atoms with van der Waals surface area (Å²) in [5.74, 6) is -0.175. The van der Waals surface area contributed by atoms with E-state index in [0.717, 1.165) is 22.3 Å². The maximum Gasteiger partial charge on any atom is 0.262 e. The lowest BCUT2D eigenvalue weighted by Crippen LogP contribution is -2.35. The van der Waals surface area contributed by atoms with Crippen LogP contribution in [0.2, 0.25) is 0 Å². The highest BCUT2D eigenvalue weighted by Crippen LogP contribution is 2.16. The van der Waals surface area contributed by atoms with Gasteiger partial charge in [-0.3, -0.25) is 4.79 Å². The van der Waals surface area contributed by atoms with Gasteiger partial charge in [0.2, 0.25) is 0 Å². The van der Waals surface area contributed by atoms with E-state index in [9.17, 15) is 4.79 Å². The Kier molecular flexibility index (Phi) is 5.32. The maximum atomic E-state index is 12.3. The summed E-state index contributed by atoms with van der Waals surface area (Å²) in [5.41, 5.74) is 6.50. The summed E-state index contributed by atoms with van der Waals surface area (Å²) >= 11 is 0. The average molecular weight is 345 g/mol. The predicted molar refractivity (Wildman–Crippen MR) is 109 cm³/mol. The van der Waals surface area contributed by atoms with Crippen molar-refractivity contribution in [2.24, 2.45) is 5.10 Å². The van der Waals surface area contributed by atoms with Gasteiger partial charge in [0.1, 0.15) is 6.04 Å². The van der Waals surface area contributed by atoms with E-state index in [4.69, 9.17) is 0 Å². The zero-order valence-corrected chi connectivity index (χ0v) is 15.3. The van der Waals surface area contributed by atoms with E-state index in [-0.39, 0.29) is 11.9 Å². The second-order valence-electron chi connectivity index (χ2n) is 6.47. The quantitative estimate of drug-likeness (QED) is 0.529. The van der Waals surface area contributed by atoms with E-state index in [2.05, 4.69) is 40.1 Å². The highest BCUT2D eigenvalue weighted by atomic mass is 16.2. The Balaban J connectivity index is 1.65. The third-order valence-electron chi connectivity index (χ3n) is 4.33. The van der Waals surface area contributed by atoms with Crippen molar-refractivity contribution in [1.82, 2.24) is 5.43 Å². The molecule has 0 saturated heterocycles. The van der Waals surface area contributed by atoms with Gasteiger partial charge in [0.25, 0.3) is 5.91 Å². The van der Waals surface area contributed by atoms with Crippen LogP contribution in [0.4, 0.5) is 5.69 Å². The third kappa shape index (κ3) is 4.28. The van der Waals surface area contributed by atoms with Crippen LogP contribution in [0.3, 0.4) is 0 Å². The number of nitrogens with zero attached hydrogens (tertiary/aromatic N) is 1. The summed E-state index contributed by atoms with van der Waals surface area (Å²) in [4.78, 5) is 12.3. The van der Waals surface area contributed by atoms with Gasteiger partial charge in [-0.25, -0.2) is 5.43 Å². The maximum absolute atomic E-state index is 12.3. The molecule has 0 aromatic heterocycles. The molecule has 0 aliphatic rings. The number of carbonyl (C=O) groups is 1. The minimum Gasteiger partial charge on any atom is -0.374 e. The second kappa shape index (κ2) is 7.83. The van der Waals surface area contributed by atoms with Crippen molar-refractivity contribution in [3.05, 3.63) is 77.9 Å². The van der Waals surface area contributed by atoms with Crippen molar-refractivity contribution in [3.63, 3.8) is 0 Å². The summed E-state index contributed by atoms with van der Waals surface area (Å²) in [6.45, 7) is 5.74. The normalized spacial score (nSPS) is 12.7. The van der Waals surface area contributed by atoms with Gasteiger partial charge in [0.05, 0.1) is 5.71 Å². The number of hydrogen-bond acceptors (Lipinski definition) is 3. The lowest BCUT2D eigenvalue weighted by Gasteiger charge is -2.14. The molecule has 0 radical (unpaired) electrons. The Labute approximate surface area is 153 Å². The fourth-order valence-electron chi connectivity index (χ4n) is 2.68. The van der Waals surface area contributed by atoms with Crippen molar-refractivity contribution in [1.29, 1.82) is 0 Å². The number of fused-ring (bicyclic) bond motifs is 1. The van der Waals surface area contributed by atoms with Gasteiger partial charge in [-0.2, -0.15) is 5.10 Å². The molecule has 0 bridgehead atoms. The second-order valence-corrected chi connectivity index (χ2v) is 6.47. The SMILES string of the molecule is CC(=NNC(=O)[C@H](C)Nc1ccc(C)cc1)c1ccc2ccccc2c1. The minimum absolute atomic E-state index is 0.175. The average Bonchev–Trinajstić information content (AvgIpc) is 2.67. The van der Waals surface area contributed by atoms with E-state index < -0.39 is 0 Å². The lowest BCUT2D eigenvalue weighted by molar-refractivity contribution is -0.121. The van der Waals surface area contributed by atoms with Gasteiger partial charge in [-0.15, -0.1) is 0 Å². The molecule has 3 aromatic carbocycles. The van der Waals surface area contributed by atoms with Gasteiger partial charge < -0.3 is 5.32 Å². The number of hydrogen-bond donors (Lipinski definition) is 2. The Hall–Kier alpha value is -3.14. The van der Waals surface area contributed by atoms with Gasteiger partial charge >= 0.3 is 0 Å². The molecule has 2 N–H and O–H groups in total. The zero-order valence-electron chi connectivity index (χ0n) is 15.3. The topological polar surface area (TPSA) is 53.5 Å². The molecule has 3 rings (SSSR count). The Morgan fingerprint density at radius 1 is 0.962 bits per heavy atom. The van der Waals surface area contributed by atoms with Crippen LogP contribution in [0, 0.1) is 6.92 Å². The molecular weight excluding hydrogens is 322 g/mol. The molecule has 3 aromatic rings. The van der Waals surface area contributed by atoms with Crippen LogP contribution >= 0.6 is 0 Å². The lowest BCUT2D eigenvalue weighted by atomic mass is 10.0. The number of aryl methyl sites for hydroxylation is 1. The third-order valence-corrected chi connectivity index (χ3v) is 4.33. The van der Waals surface area contributed by atoms with Crippen molar-refractivity contribution in [3.8, 4) is 0 Å². The van der Waals surface area contributed by atoms with Crippen molar-refractivity contribution in [2.75, 3.05) is 5.32 Å². The van der Waals surface area contributed by atoms with Crippen LogP contribution in [-0.4, -0.2) is 17.7 Å². The number of carbonyl (C=O) groups excluding carboxylic acids is 1. The molecule has 26 heavy (non-hydrogen) atoms. The number of hydrazone groups is 1. The van der Waals surface area contributed by atoms with Crippen LogP contribution in [0.1, 0.15) is 25.0 Å². The van der Waals surface area contributed by atoms with Crippen LogP contribution in [0.25, 0.3) is 10.8 Å². The first-order valence-electron chi connectivity index (χ1n) is 8.69. The molecule has 1 atom stereocenters. The van der Waals surface area contributed by atoms with Crippen LogP contribution < -0.4 is 10.7 Å². The number of amides is 1. The first-order valence-corrected chi connectivity index (χ1v) is 8.69. The molecule has 0 aliphatic carbocycles. The molecule has 4 nitrogen and oxygen atoms in total. The zero-order chi connectivity index (χ0) is 18.5. The number of anilines is 1. The van der Waals surface area contributed by atoms with E-state index >= 15 is 0 Å².